The van der Waals surface area contributed by atoms with Crippen molar-refractivity contribution >= 4 is 11.9 Å². The molecule has 0 aromatic heterocycles. The molecule has 5 nitrogen and oxygen atoms in total. The monoisotopic (exact) mass is 171 g/mol. The summed E-state index contributed by atoms with van der Waals surface area (Å²) < 4.78 is 0. The third kappa shape index (κ3) is 4.32. The Hall–Kier alpha value is -1.52. The van der Waals surface area contributed by atoms with E-state index < -0.39 is 11.9 Å². The molecule has 1 atom stereocenters. The molecule has 68 valence electrons. The Morgan fingerprint density at radius 1 is 1.42 bits per heavy atom. The van der Waals surface area contributed by atoms with E-state index in [0.29, 0.717) is 5.57 Å². The summed E-state index contributed by atoms with van der Waals surface area (Å²) >= 11 is 0. The van der Waals surface area contributed by atoms with Crippen molar-refractivity contribution in [3.63, 3.8) is 0 Å². The average molecular weight is 171 g/mol. The van der Waals surface area contributed by atoms with Crippen LogP contribution in [0.2, 0.25) is 0 Å². The molecule has 0 aliphatic heterocycles. The van der Waals surface area contributed by atoms with Gasteiger partial charge in [0.25, 0.3) is 0 Å². The Labute approximate surface area is 70.8 Å². The highest BCUT2D eigenvalue weighted by Crippen LogP contribution is 1.93. The van der Waals surface area contributed by atoms with Gasteiger partial charge < -0.3 is 16.8 Å². The molecule has 0 heterocycles. The van der Waals surface area contributed by atoms with Crippen molar-refractivity contribution in [3.05, 3.63) is 11.6 Å². The van der Waals surface area contributed by atoms with Gasteiger partial charge in [0, 0.05) is 11.6 Å². The fraction of sp³-hybridized carbons (Fsp3) is 0.429. The molecule has 0 bridgehead atoms. The van der Waals surface area contributed by atoms with Crippen LogP contribution in [0.3, 0.4) is 0 Å². The van der Waals surface area contributed by atoms with E-state index in [1.165, 1.54) is 6.08 Å². The lowest BCUT2D eigenvalue weighted by Crippen LogP contribution is -2.36. The Bertz CT molecular complexity index is 223. The van der Waals surface area contributed by atoms with Crippen LogP contribution in [0.5, 0.6) is 0 Å². The highest BCUT2D eigenvalue weighted by molar-refractivity contribution is 5.91. The minimum atomic E-state index is -0.629. The van der Waals surface area contributed by atoms with Crippen molar-refractivity contribution in [1.29, 1.82) is 0 Å². The standard InChI is InChI=1S/C7H13N3O2/c1-4(6(8)11)3-5(2)10-7(9)12/h3,5H,1-2H3,(H2,8,11)(H3,9,10,12). The van der Waals surface area contributed by atoms with Crippen LogP contribution in [-0.2, 0) is 4.79 Å². The van der Waals surface area contributed by atoms with Gasteiger partial charge in [-0.2, -0.15) is 0 Å². The maximum atomic E-state index is 10.5. The molecule has 0 spiro atoms. The summed E-state index contributed by atoms with van der Waals surface area (Å²) in [6.07, 6.45) is 1.53. The molecular weight excluding hydrogens is 158 g/mol. The first-order valence-corrected chi connectivity index (χ1v) is 3.47. The summed E-state index contributed by atoms with van der Waals surface area (Å²) in [5.41, 5.74) is 10.2. The smallest absolute Gasteiger partial charge is 0.312 e. The summed E-state index contributed by atoms with van der Waals surface area (Å²) in [7, 11) is 0. The highest BCUT2D eigenvalue weighted by Gasteiger charge is 2.02. The average Bonchev–Trinajstić information content (AvgIpc) is 1.84. The van der Waals surface area contributed by atoms with Crippen LogP contribution in [0, 0.1) is 0 Å². The molecule has 0 aliphatic carbocycles. The van der Waals surface area contributed by atoms with Gasteiger partial charge in [-0.05, 0) is 13.8 Å². The van der Waals surface area contributed by atoms with E-state index in [-0.39, 0.29) is 6.04 Å². The first-order valence-electron chi connectivity index (χ1n) is 3.47. The van der Waals surface area contributed by atoms with Gasteiger partial charge in [-0.1, -0.05) is 6.08 Å². The molecule has 0 aliphatic rings. The highest BCUT2D eigenvalue weighted by atomic mass is 16.2. The summed E-state index contributed by atoms with van der Waals surface area (Å²) in [6.45, 7) is 3.26. The van der Waals surface area contributed by atoms with E-state index in [9.17, 15) is 9.59 Å². The van der Waals surface area contributed by atoms with E-state index in [0.717, 1.165) is 0 Å². The first kappa shape index (κ1) is 10.5. The number of carbonyl (C=O) groups is 2. The van der Waals surface area contributed by atoms with Crippen LogP contribution in [0.15, 0.2) is 11.6 Å². The summed E-state index contributed by atoms with van der Waals surface area (Å²) in [5.74, 6) is -0.506. The third-order valence-corrected chi connectivity index (χ3v) is 1.26. The Balaban J connectivity index is 4.14. The summed E-state index contributed by atoms with van der Waals surface area (Å²) in [4.78, 5) is 20.9. The van der Waals surface area contributed by atoms with Crippen LogP contribution in [0.4, 0.5) is 4.79 Å². The molecule has 12 heavy (non-hydrogen) atoms. The molecule has 0 rings (SSSR count). The predicted octanol–water partition coefficient (Wildman–Crippen LogP) is -0.525. The van der Waals surface area contributed by atoms with Gasteiger partial charge in [-0.25, -0.2) is 4.79 Å². The molecule has 0 radical (unpaired) electrons. The zero-order valence-corrected chi connectivity index (χ0v) is 7.13. The van der Waals surface area contributed by atoms with Crippen LogP contribution in [-0.4, -0.2) is 18.0 Å². The fourth-order valence-corrected chi connectivity index (χ4v) is 0.723. The molecule has 0 fully saturated rings. The molecule has 0 saturated heterocycles. The van der Waals surface area contributed by atoms with E-state index in [4.69, 9.17) is 11.5 Å². The number of hydrogen-bond donors (Lipinski definition) is 3. The minimum Gasteiger partial charge on any atom is -0.366 e. The zero-order valence-electron chi connectivity index (χ0n) is 7.13. The zero-order chi connectivity index (χ0) is 9.72. The molecule has 0 saturated carbocycles. The van der Waals surface area contributed by atoms with E-state index >= 15 is 0 Å². The number of urea groups is 1. The largest absolute Gasteiger partial charge is 0.366 e. The topological polar surface area (TPSA) is 98.2 Å². The summed E-state index contributed by atoms with van der Waals surface area (Å²) in [6, 6.07) is -0.911. The van der Waals surface area contributed by atoms with E-state index in [1.807, 2.05) is 0 Å². The molecule has 5 heteroatoms. The lowest BCUT2D eigenvalue weighted by atomic mass is 10.2. The van der Waals surface area contributed by atoms with Gasteiger partial charge in [-0.3, -0.25) is 4.79 Å². The number of amides is 3. The lowest BCUT2D eigenvalue weighted by molar-refractivity contribution is -0.114. The van der Waals surface area contributed by atoms with Gasteiger partial charge in [0.1, 0.15) is 0 Å². The minimum absolute atomic E-state index is 0.282. The number of carbonyl (C=O) groups excluding carboxylic acids is 2. The van der Waals surface area contributed by atoms with Crippen molar-refractivity contribution in [2.75, 3.05) is 0 Å². The third-order valence-electron chi connectivity index (χ3n) is 1.26. The molecule has 3 amide bonds. The second kappa shape index (κ2) is 4.38. The number of hydrogen-bond acceptors (Lipinski definition) is 2. The molecular formula is C7H13N3O2. The number of nitrogens with one attached hydrogen (secondary N) is 1. The quantitative estimate of drug-likeness (QED) is 0.497. The van der Waals surface area contributed by atoms with Gasteiger partial charge >= 0.3 is 6.03 Å². The number of rotatable bonds is 3. The number of nitrogens with two attached hydrogens (primary N) is 2. The van der Waals surface area contributed by atoms with Crippen molar-refractivity contribution < 1.29 is 9.59 Å². The first-order chi connectivity index (χ1) is 5.43. The number of primary amides is 2. The lowest BCUT2D eigenvalue weighted by Gasteiger charge is -2.06. The van der Waals surface area contributed by atoms with Gasteiger partial charge in [0.15, 0.2) is 0 Å². The SMILES string of the molecule is CC(=CC(C)NC(N)=O)C(N)=O. The van der Waals surface area contributed by atoms with E-state index in [1.54, 1.807) is 13.8 Å². The fourth-order valence-electron chi connectivity index (χ4n) is 0.723. The molecule has 0 aromatic rings. The van der Waals surface area contributed by atoms with Crippen LogP contribution >= 0.6 is 0 Å². The maximum Gasteiger partial charge on any atom is 0.312 e. The van der Waals surface area contributed by atoms with E-state index in [2.05, 4.69) is 5.32 Å². The van der Waals surface area contributed by atoms with Crippen LogP contribution in [0.25, 0.3) is 0 Å². The Morgan fingerprint density at radius 2 is 1.92 bits per heavy atom. The normalized spacial score (nSPS) is 13.7. The summed E-state index contributed by atoms with van der Waals surface area (Å²) in [5, 5.41) is 2.38. The van der Waals surface area contributed by atoms with Crippen molar-refractivity contribution in [3.8, 4) is 0 Å². The van der Waals surface area contributed by atoms with Crippen molar-refractivity contribution in [2.45, 2.75) is 19.9 Å². The van der Waals surface area contributed by atoms with Gasteiger partial charge in [0.2, 0.25) is 5.91 Å². The van der Waals surface area contributed by atoms with Crippen molar-refractivity contribution in [2.24, 2.45) is 11.5 Å². The van der Waals surface area contributed by atoms with Crippen molar-refractivity contribution in [1.82, 2.24) is 5.32 Å². The Morgan fingerprint density at radius 3 is 2.25 bits per heavy atom. The van der Waals surface area contributed by atoms with Crippen LogP contribution in [0.1, 0.15) is 13.8 Å². The molecule has 0 aromatic carbocycles. The molecule has 1 unspecified atom stereocenters. The second-order valence-corrected chi connectivity index (χ2v) is 2.51. The maximum absolute atomic E-state index is 10.5. The predicted molar refractivity (Wildman–Crippen MR) is 45.1 cm³/mol. The second-order valence-electron chi connectivity index (χ2n) is 2.51. The Kier molecular flexibility index (Phi) is 3.82. The van der Waals surface area contributed by atoms with Crippen LogP contribution < -0.4 is 16.8 Å². The van der Waals surface area contributed by atoms with Gasteiger partial charge in [-0.15, -0.1) is 0 Å². The molecule has 5 N–H and O–H groups in total. The van der Waals surface area contributed by atoms with Gasteiger partial charge in [0.05, 0.1) is 0 Å².